The molecule has 1 N–H and O–H groups in total. The van der Waals surface area contributed by atoms with Gasteiger partial charge in [-0.1, -0.05) is 29.8 Å². The standard InChI is InChI=1S/C16H15ClFNO/c1-19-16(14-7-13(18)4-5-15(14)17)10-2-3-11-8-20-9-12(11)6-10/h2-7,16,19H,8-9H2,1H3. The van der Waals surface area contributed by atoms with Gasteiger partial charge < -0.3 is 10.1 Å². The lowest BCUT2D eigenvalue weighted by Crippen LogP contribution is -2.18. The van der Waals surface area contributed by atoms with Gasteiger partial charge in [-0.2, -0.15) is 0 Å². The van der Waals surface area contributed by atoms with Crippen molar-refractivity contribution in [3.8, 4) is 0 Å². The molecule has 1 atom stereocenters. The number of ether oxygens (including phenoxy) is 1. The normalized spacial score (nSPS) is 15.2. The first-order valence-corrected chi connectivity index (χ1v) is 6.88. The minimum absolute atomic E-state index is 0.135. The SMILES string of the molecule is CNC(c1ccc2c(c1)COC2)c1cc(F)ccc1Cl. The second-order valence-corrected chi connectivity index (χ2v) is 5.32. The van der Waals surface area contributed by atoms with Gasteiger partial charge in [0.1, 0.15) is 5.82 Å². The van der Waals surface area contributed by atoms with Crippen LogP contribution in [0.4, 0.5) is 4.39 Å². The summed E-state index contributed by atoms with van der Waals surface area (Å²) in [5, 5.41) is 3.76. The summed E-state index contributed by atoms with van der Waals surface area (Å²) in [6.07, 6.45) is 0. The van der Waals surface area contributed by atoms with Crippen molar-refractivity contribution in [3.63, 3.8) is 0 Å². The molecule has 3 rings (SSSR count). The minimum Gasteiger partial charge on any atom is -0.372 e. The number of benzene rings is 2. The van der Waals surface area contributed by atoms with E-state index in [0.29, 0.717) is 18.2 Å². The van der Waals surface area contributed by atoms with Crippen molar-refractivity contribution in [1.82, 2.24) is 5.32 Å². The average Bonchev–Trinajstić information content (AvgIpc) is 2.91. The number of rotatable bonds is 3. The molecule has 0 aliphatic carbocycles. The van der Waals surface area contributed by atoms with Crippen LogP contribution in [0.2, 0.25) is 5.02 Å². The Labute approximate surface area is 122 Å². The molecule has 20 heavy (non-hydrogen) atoms. The van der Waals surface area contributed by atoms with Crippen molar-refractivity contribution < 1.29 is 9.13 Å². The van der Waals surface area contributed by atoms with E-state index in [1.807, 2.05) is 13.1 Å². The number of hydrogen-bond acceptors (Lipinski definition) is 2. The molecule has 4 heteroatoms. The maximum Gasteiger partial charge on any atom is 0.123 e. The molecule has 0 saturated carbocycles. The van der Waals surface area contributed by atoms with Crippen molar-refractivity contribution >= 4 is 11.6 Å². The van der Waals surface area contributed by atoms with Crippen molar-refractivity contribution in [2.45, 2.75) is 19.3 Å². The summed E-state index contributed by atoms with van der Waals surface area (Å²) in [7, 11) is 1.84. The molecule has 2 aromatic rings. The lowest BCUT2D eigenvalue weighted by Gasteiger charge is -2.19. The third kappa shape index (κ3) is 2.44. The van der Waals surface area contributed by atoms with Crippen LogP contribution in [0.5, 0.6) is 0 Å². The monoisotopic (exact) mass is 291 g/mol. The molecule has 1 aliphatic heterocycles. The number of halogens is 2. The van der Waals surface area contributed by atoms with E-state index in [1.54, 1.807) is 6.07 Å². The molecule has 2 aromatic carbocycles. The second kappa shape index (κ2) is 5.52. The molecule has 0 aromatic heterocycles. The summed E-state index contributed by atoms with van der Waals surface area (Å²) in [5.41, 5.74) is 4.21. The Morgan fingerprint density at radius 1 is 1.15 bits per heavy atom. The van der Waals surface area contributed by atoms with Crippen molar-refractivity contribution in [2.75, 3.05) is 7.05 Å². The van der Waals surface area contributed by atoms with Crippen LogP contribution in [0.15, 0.2) is 36.4 Å². The summed E-state index contributed by atoms with van der Waals surface area (Å²) in [4.78, 5) is 0. The van der Waals surface area contributed by atoms with Gasteiger partial charge in [0.2, 0.25) is 0 Å². The van der Waals surface area contributed by atoms with Crippen molar-refractivity contribution in [1.29, 1.82) is 0 Å². The molecule has 1 heterocycles. The van der Waals surface area contributed by atoms with Gasteiger partial charge in [-0.3, -0.25) is 0 Å². The second-order valence-electron chi connectivity index (χ2n) is 4.91. The quantitative estimate of drug-likeness (QED) is 0.928. The predicted molar refractivity (Wildman–Crippen MR) is 77.2 cm³/mol. The molecule has 104 valence electrons. The highest BCUT2D eigenvalue weighted by molar-refractivity contribution is 6.31. The highest BCUT2D eigenvalue weighted by Crippen LogP contribution is 2.31. The molecular formula is C16H15ClFNO. The van der Waals surface area contributed by atoms with Gasteiger partial charge >= 0.3 is 0 Å². The third-order valence-corrected chi connectivity index (χ3v) is 3.98. The third-order valence-electron chi connectivity index (χ3n) is 3.64. The van der Waals surface area contributed by atoms with Gasteiger partial charge in [0.05, 0.1) is 19.3 Å². The fourth-order valence-corrected chi connectivity index (χ4v) is 2.84. The van der Waals surface area contributed by atoms with Crippen molar-refractivity contribution in [2.24, 2.45) is 0 Å². The summed E-state index contributed by atoms with van der Waals surface area (Å²) in [6, 6.07) is 10.5. The van der Waals surface area contributed by atoms with Crippen LogP contribution >= 0.6 is 11.6 Å². The molecule has 2 nitrogen and oxygen atoms in total. The highest BCUT2D eigenvalue weighted by Gasteiger charge is 2.19. The highest BCUT2D eigenvalue weighted by atomic mass is 35.5. The summed E-state index contributed by atoms with van der Waals surface area (Å²) in [5.74, 6) is -0.283. The Morgan fingerprint density at radius 3 is 2.75 bits per heavy atom. The smallest absolute Gasteiger partial charge is 0.123 e. The van der Waals surface area contributed by atoms with E-state index in [0.717, 1.165) is 11.1 Å². The van der Waals surface area contributed by atoms with Gasteiger partial charge in [-0.15, -0.1) is 0 Å². The van der Waals surface area contributed by atoms with Crippen LogP contribution in [-0.4, -0.2) is 7.05 Å². The van der Waals surface area contributed by atoms with Crippen molar-refractivity contribution in [3.05, 3.63) is 69.5 Å². The van der Waals surface area contributed by atoms with E-state index in [4.69, 9.17) is 16.3 Å². The number of fused-ring (bicyclic) bond motifs is 1. The summed E-state index contributed by atoms with van der Waals surface area (Å²) < 4.78 is 18.9. The molecule has 0 amide bonds. The molecule has 1 unspecified atom stereocenters. The topological polar surface area (TPSA) is 21.3 Å². The van der Waals surface area contributed by atoms with E-state index in [1.165, 1.54) is 23.3 Å². The Morgan fingerprint density at radius 2 is 1.95 bits per heavy atom. The maximum atomic E-state index is 13.5. The van der Waals surface area contributed by atoms with Gasteiger partial charge in [-0.25, -0.2) is 4.39 Å². The van der Waals surface area contributed by atoms with Crippen LogP contribution in [0.1, 0.15) is 28.3 Å². The van der Waals surface area contributed by atoms with Gasteiger partial charge in [0.25, 0.3) is 0 Å². The maximum absolute atomic E-state index is 13.5. The molecule has 1 aliphatic rings. The Bertz CT molecular complexity index is 644. The van der Waals surface area contributed by atoms with Gasteiger partial charge in [-0.05, 0) is 47.5 Å². The number of hydrogen-bond donors (Lipinski definition) is 1. The lowest BCUT2D eigenvalue weighted by molar-refractivity contribution is 0.134. The van der Waals surface area contributed by atoms with Crippen LogP contribution in [0.25, 0.3) is 0 Å². The molecule has 0 spiro atoms. The predicted octanol–water partition coefficient (Wildman–Crippen LogP) is 3.82. The minimum atomic E-state index is -0.283. The fourth-order valence-electron chi connectivity index (χ4n) is 2.61. The van der Waals surface area contributed by atoms with Crippen LogP contribution in [0.3, 0.4) is 0 Å². The summed E-state index contributed by atoms with van der Waals surface area (Å²) in [6.45, 7) is 1.30. The van der Waals surface area contributed by atoms with Crippen LogP contribution in [0, 0.1) is 5.82 Å². The van der Waals surface area contributed by atoms with E-state index >= 15 is 0 Å². The molecular weight excluding hydrogens is 277 g/mol. The first kappa shape index (κ1) is 13.6. The molecule has 0 fully saturated rings. The largest absolute Gasteiger partial charge is 0.372 e. The average molecular weight is 292 g/mol. The van der Waals surface area contributed by atoms with E-state index in [-0.39, 0.29) is 11.9 Å². The zero-order valence-electron chi connectivity index (χ0n) is 11.1. The Hall–Kier alpha value is -1.42. The lowest BCUT2D eigenvalue weighted by atomic mass is 9.95. The fraction of sp³-hybridized carbons (Fsp3) is 0.250. The zero-order chi connectivity index (χ0) is 14.1. The number of nitrogens with one attached hydrogen (secondary N) is 1. The first-order valence-electron chi connectivity index (χ1n) is 6.50. The van der Waals surface area contributed by atoms with E-state index in [2.05, 4.69) is 17.4 Å². The van der Waals surface area contributed by atoms with Gasteiger partial charge in [0, 0.05) is 5.02 Å². The first-order chi connectivity index (χ1) is 9.69. The van der Waals surface area contributed by atoms with E-state index < -0.39 is 0 Å². The Balaban J connectivity index is 2.03. The Kier molecular flexibility index (Phi) is 3.74. The van der Waals surface area contributed by atoms with Crippen LogP contribution in [-0.2, 0) is 18.0 Å². The van der Waals surface area contributed by atoms with Crippen LogP contribution < -0.4 is 5.32 Å². The molecule has 0 saturated heterocycles. The zero-order valence-corrected chi connectivity index (χ0v) is 11.9. The van der Waals surface area contributed by atoms with E-state index in [9.17, 15) is 4.39 Å². The molecule has 0 radical (unpaired) electrons. The molecule has 0 bridgehead atoms. The summed E-state index contributed by atoms with van der Waals surface area (Å²) >= 11 is 6.21. The van der Waals surface area contributed by atoms with Gasteiger partial charge in [0.15, 0.2) is 0 Å².